The number of sulfone groups is 1. The third kappa shape index (κ3) is 6.28. The van der Waals surface area contributed by atoms with E-state index in [0.717, 1.165) is 5.56 Å². The third-order valence-corrected chi connectivity index (χ3v) is 4.78. The van der Waals surface area contributed by atoms with Gasteiger partial charge >= 0.3 is 0 Å². The van der Waals surface area contributed by atoms with Crippen molar-refractivity contribution in [2.75, 3.05) is 38.2 Å². The van der Waals surface area contributed by atoms with Crippen LogP contribution >= 0.6 is 0 Å². The Balaban J connectivity index is 2.13. The Morgan fingerprint density at radius 2 is 2.04 bits per heavy atom. The van der Waals surface area contributed by atoms with E-state index in [-0.39, 0.29) is 30.3 Å². The SMILES string of the molecule is CCNC(=NCCS(C)(=O)=O)N1CC(C)OC(c2ccc(F)cc2)C1. The highest BCUT2D eigenvalue weighted by molar-refractivity contribution is 7.90. The van der Waals surface area contributed by atoms with E-state index in [4.69, 9.17) is 4.74 Å². The molecule has 1 heterocycles. The Labute approximate surface area is 149 Å². The Bertz CT molecular complexity index is 692. The molecule has 0 aliphatic carbocycles. The van der Waals surface area contributed by atoms with Gasteiger partial charge in [-0.25, -0.2) is 12.8 Å². The topological polar surface area (TPSA) is 71.0 Å². The van der Waals surface area contributed by atoms with Gasteiger partial charge in [-0.05, 0) is 31.5 Å². The van der Waals surface area contributed by atoms with Gasteiger partial charge in [0.2, 0.25) is 0 Å². The highest BCUT2D eigenvalue weighted by Gasteiger charge is 2.28. The summed E-state index contributed by atoms with van der Waals surface area (Å²) in [4.78, 5) is 6.50. The Kier molecular flexibility index (Phi) is 6.78. The van der Waals surface area contributed by atoms with Crippen molar-refractivity contribution in [3.8, 4) is 0 Å². The smallest absolute Gasteiger partial charge is 0.194 e. The molecule has 1 saturated heterocycles. The Morgan fingerprint density at radius 1 is 1.36 bits per heavy atom. The molecule has 1 N–H and O–H groups in total. The molecule has 1 aliphatic heterocycles. The zero-order valence-corrected chi connectivity index (χ0v) is 15.7. The number of aliphatic imine (C=N–C) groups is 1. The predicted octanol–water partition coefficient (Wildman–Crippen LogP) is 1.60. The Morgan fingerprint density at radius 3 is 2.64 bits per heavy atom. The molecule has 0 bridgehead atoms. The number of halogens is 1. The molecule has 2 rings (SSSR count). The standard InChI is InChI=1S/C17H26FN3O3S/c1-4-19-17(20-9-10-25(3,22)23)21-11-13(2)24-16(12-21)14-5-7-15(18)8-6-14/h5-8,13,16H,4,9-12H2,1-3H3,(H,19,20). The highest BCUT2D eigenvalue weighted by Crippen LogP contribution is 2.25. The zero-order valence-electron chi connectivity index (χ0n) is 14.9. The van der Waals surface area contributed by atoms with E-state index in [0.29, 0.717) is 25.6 Å². The number of hydrogen-bond acceptors (Lipinski definition) is 4. The minimum Gasteiger partial charge on any atom is -0.367 e. The van der Waals surface area contributed by atoms with E-state index >= 15 is 0 Å². The van der Waals surface area contributed by atoms with Gasteiger partial charge in [0.05, 0.1) is 24.9 Å². The lowest BCUT2D eigenvalue weighted by Crippen LogP contribution is -2.50. The maximum absolute atomic E-state index is 13.1. The van der Waals surface area contributed by atoms with Crippen molar-refractivity contribution in [1.82, 2.24) is 10.2 Å². The largest absolute Gasteiger partial charge is 0.367 e. The van der Waals surface area contributed by atoms with Gasteiger partial charge in [0.15, 0.2) is 5.96 Å². The third-order valence-electron chi connectivity index (χ3n) is 3.86. The van der Waals surface area contributed by atoms with Gasteiger partial charge in [-0.1, -0.05) is 12.1 Å². The van der Waals surface area contributed by atoms with E-state index in [1.54, 1.807) is 12.1 Å². The highest BCUT2D eigenvalue weighted by atomic mass is 32.2. The van der Waals surface area contributed by atoms with Crippen molar-refractivity contribution in [3.63, 3.8) is 0 Å². The fourth-order valence-corrected chi connectivity index (χ4v) is 3.15. The van der Waals surface area contributed by atoms with E-state index in [1.165, 1.54) is 18.4 Å². The molecule has 6 nitrogen and oxygen atoms in total. The summed E-state index contributed by atoms with van der Waals surface area (Å²) in [7, 11) is -3.05. The fraction of sp³-hybridized carbons (Fsp3) is 0.588. The average Bonchev–Trinajstić information content (AvgIpc) is 2.53. The molecule has 1 aliphatic rings. The van der Waals surface area contributed by atoms with Crippen LogP contribution in [0.3, 0.4) is 0 Å². The van der Waals surface area contributed by atoms with Crippen molar-refractivity contribution in [3.05, 3.63) is 35.6 Å². The van der Waals surface area contributed by atoms with E-state index in [9.17, 15) is 12.8 Å². The van der Waals surface area contributed by atoms with Gasteiger partial charge < -0.3 is 15.0 Å². The van der Waals surface area contributed by atoms with Crippen LogP contribution in [0, 0.1) is 5.82 Å². The van der Waals surface area contributed by atoms with Gasteiger partial charge in [0.25, 0.3) is 0 Å². The monoisotopic (exact) mass is 371 g/mol. The molecule has 0 aromatic heterocycles. The number of nitrogens with zero attached hydrogens (tertiary/aromatic N) is 2. The minimum absolute atomic E-state index is 0.0170. The number of morpholine rings is 1. The number of nitrogens with one attached hydrogen (secondary N) is 1. The minimum atomic E-state index is -3.05. The average molecular weight is 371 g/mol. The molecule has 1 aromatic carbocycles. The molecule has 140 valence electrons. The number of hydrogen-bond donors (Lipinski definition) is 1. The maximum Gasteiger partial charge on any atom is 0.194 e. The van der Waals surface area contributed by atoms with Crippen molar-refractivity contribution in [2.24, 2.45) is 4.99 Å². The van der Waals surface area contributed by atoms with Crippen LogP contribution in [0.25, 0.3) is 0 Å². The van der Waals surface area contributed by atoms with Crippen molar-refractivity contribution in [1.29, 1.82) is 0 Å². The molecule has 1 fully saturated rings. The van der Waals surface area contributed by atoms with Crippen LogP contribution in [0.5, 0.6) is 0 Å². The molecule has 0 saturated carbocycles. The molecular weight excluding hydrogens is 345 g/mol. The van der Waals surface area contributed by atoms with Crippen molar-refractivity contribution >= 4 is 15.8 Å². The fourth-order valence-electron chi connectivity index (χ4n) is 2.73. The molecule has 25 heavy (non-hydrogen) atoms. The maximum atomic E-state index is 13.1. The summed E-state index contributed by atoms with van der Waals surface area (Å²) in [5.41, 5.74) is 0.907. The van der Waals surface area contributed by atoms with Crippen molar-refractivity contribution in [2.45, 2.75) is 26.1 Å². The van der Waals surface area contributed by atoms with Crippen LogP contribution in [-0.4, -0.2) is 63.6 Å². The molecule has 8 heteroatoms. The second-order valence-corrected chi connectivity index (χ2v) is 8.52. The van der Waals surface area contributed by atoms with E-state index in [2.05, 4.69) is 15.2 Å². The Hall–Kier alpha value is -1.67. The molecular formula is C17H26FN3O3S. The lowest BCUT2D eigenvalue weighted by atomic mass is 10.1. The molecule has 0 amide bonds. The number of benzene rings is 1. The lowest BCUT2D eigenvalue weighted by Gasteiger charge is -2.38. The lowest BCUT2D eigenvalue weighted by molar-refractivity contribution is -0.0605. The first-order valence-electron chi connectivity index (χ1n) is 8.40. The molecule has 1 aromatic rings. The van der Waals surface area contributed by atoms with E-state index < -0.39 is 9.84 Å². The van der Waals surface area contributed by atoms with Crippen LogP contribution in [0.2, 0.25) is 0 Å². The van der Waals surface area contributed by atoms with Gasteiger partial charge in [-0.15, -0.1) is 0 Å². The summed E-state index contributed by atoms with van der Waals surface area (Å²) in [5.74, 6) is 0.414. The summed E-state index contributed by atoms with van der Waals surface area (Å²) in [6.45, 7) is 6.07. The van der Waals surface area contributed by atoms with Crippen LogP contribution in [0.4, 0.5) is 4.39 Å². The van der Waals surface area contributed by atoms with Crippen LogP contribution in [0.1, 0.15) is 25.5 Å². The zero-order chi connectivity index (χ0) is 18.4. The quantitative estimate of drug-likeness (QED) is 0.629. The van der Waals surface area contributed by atoms with Crippen LogP contribution in [0.15, 0.2) is 29.3 Å². The van der Waals surface area contributed by atoms with Crippen LogP contribution in [-0.2, 0) is 14.6 Å². The summed E-state index contributed by atoms with van der Waals surface area (Å²) >= 11 is 0. The van der Waals surface area contributed by atoms with Gasteiger partial charge in [-0.3, -0.25) is 4.99 Å². The van der Waals surface area contributed by atoms with Gasteiger partial charge in [-0.2, -0.15) is 0 Å². The summed E-state index contributed by atoms with van der Waals surface area (Å²) in [6.07, 6.45) is 0.988. The molecule has 0 spiro atoms. The van der Waals surface area contributed by atoms with Crippen LogP contribution < -0.4 is 5.32 Å². The summed E-state index contributed by atoms with van der Waals surface area (Å²) in [5, 5.41) is 3.21. The molecule has 0 radical (unpaired) electrons. The first kappa shape index (κ1) is 19.7. The second kappa shape index (κ2) is 8.62. The normalized spacial score (nSPS) is 22.1. The van der Waals surface area contributed by atoms with Gasteiger partial charge in [0, 0.05) is 19.3 Å². The molecule has 2 unspecified atom stereocenters. The van der Waals surface area contributed by atoms with Gasteiger partial charge in [0.1, 0.15) is 21.8 Å². The summed E-state index contributed by atoms with van der Waals surface area (Å²) < 4.78 is 41.7. The first-order chi connectivity index (χ1) is 11.8. The number of rotatable bonds is 5. The molecule has 2 atom stereocenters. The summed E-state index contributed by atoms with van der Waals surface area (Å²) in [6, 6.07) is 6.30. The first-order valence-corrected chi connectivity index (χ1v) is 10.5. The van der Waals surface area contributed by atoms with E-state index in [1.807, 2.05) is 13.8 Å². The van der Waals surface area contributed by atoms with Crippen molar-refractivity contribution < 1.29 is 17.5 Å². The number of ether oxygens (including phenoxy) is 1. The number of guanidine groups is 1. The predicted molar refractivity (Wildman–Crippen MR) is 97.0 cm³/mol. The second-order valence-electron chi connectivity index (χ2n) is 6.26.